The highest BCUT2D eigenvalue weighted by atomic mass is 127. The van der Waals surface area contributed by atoms with Crippen LogP contribution in [0.15, 0.2) is 4.99 Å². The second kappa shape index (κ2) is 13.2. The third-order valence-corrected chi connectivity index (χ3v) is 5.57. The van der Waals surface area contributed by atoms with Crippen molar-refractivity contribution in [2.45, 2.75) is 84.3 Å². The van der Waals surface area contributed by atoms with E-state index >= 15 is 0 Å². The van der Waals surface area contributed by atoms with Gasteiger partial charge in [0.2, 0.25) is 0 Å². The molecule has 1 heterocycles. The fourth-order valence-electron chi connectivity index (χ4n) is 4.22. The molecule has 6 heteroatoms. The molecule has 2 unspecified atom stereocenters. The summed E-state index contributed by atoms with van der Waals surface area (Å²) in [5, 5.41) is 6.92. The number of rotatable bonds is 7. The van der Waals surface area contributed by atoms with Crippen LogP contribution in [-0.2, 0) is 9.47 Å². The Kier molecular flexibility index (Phi) is 12.2. The van der Waals surface area contributed by atoms with Crippen LogP contribution < -0.4 is 10.6 Å². The van der Waals surface area contributed by atoms with Gasteiger partial charge in [-0.3, -0.25) is 4.99 Å². The minimum atomic E-state index is 0. The van der Waals surface area contributed by atoms with Crippen LogP contribution >= 0.6 is 24.0 Å². The molecular formula is C21H42IN3O2. The van der Waals surface area contributed by atoms with Gasteiger partial charge in [0.05, 0.1) is 12.2 Å². The molecule has 0 amide bonds. The van der Waals surface area contributed by atoms with E-state index in [0.717, 1.165) is 45.1 Å². The van der Waals surface area contributed by atoms with E-state index in [-0.39, 0.29) is 29.4 Å². The summed E-state index contributed by atoms with van der Waals surface area (Å²) in [6.07, 6.45) is 10.8. The monoisotopic (exact) mass is 495 g/mol. The second-order valence-electron chi connectivity index (χ2n) is 8.92. The predicted molar refractivity (Wildman–Crippen MR) is 124 cm³/mol. The van der Waals surface area contributed by atoms with E-state index in [9.17, 15) is 0 Å². The molecule has 0 aromatic rings. The van der Waals surface area contributed by atoms with E-state index in [1.165, 1.54) is 38.5 Å². The number of guanidine groups is 1. The molecule has 0 aromatic heterocycles. The van der Waals surface area contributed by atoms with Gasteiger partial charge in [-0.15, -0.1) is 24.0 Å². The van der Waals surface area contributed by atoms with E-state index in [2.05, 4.69) is 36.4 Å². The molecule has 2 N–H and O–H groups in total. The van der Waals surface area contributed by atoms with Crippen molar-refractivity contribution in [2.24, 2.45) is 16.3 Å². The van der Waals surface area contributed by atoms with E-state index in [1.807, 2.05) is 7.05 Å². The van der Waals surface area contributed by atoms with Crippen molar-refractivity contribution in [3.05, 3.63) is 0 Å². The number of ether oxygens (including phenoxy) is 2. The van der Waals surface area contributed by atoms with Crippen molar-refractivity contribution in [3.63, 3.8) is 0 Å². The Morgan fingerprint density at radius 2 is 1.81 bits per heavy atom. The van der Waals surface area contributed by atoms with Crippen LogP contribution in [0.5, 0.6) is 0 Å². The van der Waals surface area contributed by atoms with Gasteiger partial charge in [0.1, 0.15) is 0 Å². The first-order chi connectivity index (χ1) is 12.5. The average molecular weight is 495 g/mol. The molecule has 1 aliphatic heterocycles. The quantitative estimate of drug-likeness (QED) is 0.239. The molecular weight excluding hydrogens is 453 g/mol. The second-order valence-corrected chi connectivity index (χ2v) is 8.92. The first kappa shape index (κ1) is 25.0. The molecule has 2 atom stereocenters. The topological polar surface area (TPSA) is 54.9 Å². The summed E-state index contributed by atoms with van der Waals surface area (Å²) in [5.41, 5.74) is 0.181. The molecule has 2 fully saturated rings. The molecule has 2 rings (SSSR count). The van der Waals surface area contributed by atoms with Crippen molar-refractivity contribution >= 4 is 29.9 Å². The van der Waals surface area contributed by atoms with E-state index in [0.29, 0.717) is 18.1 Å². The Balaban J connectivity index is 0.00000364. The van der Waals surface area contributed by atoms with Gasteiger partial charge in [-0.25, -0.2) is 0 Å². The molecule has 27 heavy (non-hydrogen) atoms. The molecule has 160 valence electrons. The summed E-state index contributed by atoms with van der Waals surface area (Å²) in [5.74, 6) is 1.43. The van der Waals surface area contributed by atoms with Gasteiger partial charge in [0, 0.05) is 39.3 Å². The van der Waals surface area contributed by atoms with Crippen LogP contribution in [0, 0.1) is 11.3 Å². The number of halogens is 1. The molecule has 0 radical (unpaired) electrons. The lowest BCUT2D eigenvalue weighted by atomic mass is 9.78. The Labute approximate surface area is 183 Å². The van der Waals surface area contributed by atoms with Gasteiger partial charge in [-0.05, 0) is 37.5 Å². The predicted octanol–water partition coefficient (Wildman–Crippen LogP) is 4.35. The van der Waals surface area contributed by atoms with E-state index in [4.69, 9.17) is 9.47 Å². The van der Waals surface area contributed by atoms with Crippen molar-refractivity contribution < 1.29 is 9.47 Å². The third kappa shape index (κ3) is 9.31. The smallest absolute Gasteiger partial charge is 0.190 e. The zero-order chi connectivity index (χ0) is 18.8. The fourth-order valence-corrected chi connectivity index (χ4v) is 4.22. The zero-order valence-electron chi connectivity index (χ0n) is 17.9. The molecule has 5 nitrogen and oxygen atoms in total. The lowest BCUT2D eigenvalue weighted by Crippen LogP contribution is -2.47. The molecule has 1 aliphatic carbocycles. The summed E-state index contributed by atoms with van der Waals surface area (Å²) in [7, 11) is 1.84. The van der Waals surface area contributed by atoms with Crippen molar-refractivity contribution in [1.82, 2.24) is 10.6 Å². The zero-order valence-corrected chi connectivity index (χ0v) is 20.2. The first-order valence-electron chi connectivity index (χ1n) is 10.7. The summed E-state index contributed by atoms with van der Waals surface area (Å²) in [6.45, 7) is 10.4. The third-order valence-electron chi connectivity index (χ3n) is 5.57. The number of aliphatic imine (C=N–C) groups is 1. The molecule has 0 bridgehead atoms. The Morgan fingerprint density at radius 1 is 1.07 bits per heavy atom. The van der Waals surface area contributed by atoms with Crippen molar-refractivity contribution in [1.29, 1.82) is 0 Å². The maximum absolute atomic E-state index is 6.07. The Morgan fingerprint density at radius 3 is 2.48 bits per heavy atom. The molecule has 2 aliphatic rings. The van der Waals surface area contributed by atoms with Gasteiger partial charge in [-0.2, -0.15) is 0 Å². The minimum Gasteiger partial charge on any atom is -0.378 e. The van der Waals surface area contributed by atoms with Gasteiger partial charge >= 0.3 is 0 Å². The normalized spacial score (nSPS) is 25.0. The largest absolute Gasteiger partial charge is 0.378 e. The lowest BCUT2D eigenvalue weighted by molar-refractivity contribution is -0.0835. The highest BCUT2D eigenvalue weighted by Crippen LogP contribution is 2.33. The van der Waals surface area contributed by atoms with Crippen molar-refractivity contribution in [3.8, 4) is 0 Å². The van der Waals surface area contributed by atoms with E-state index < -0.39 is 0 Å². The highest BCUT2D eigenvalue weighted by molar-refractivity contribution is 14.0. The standard InChI is InChI=1S/C21H41N3O2.HI/c1-21(2,3)19-17(10-8-14-26-19)16-24-20(22-4)23-13-9-15-25-18-11-6-5-7-12-18;/h17-19H,5-16H2,1-4H3,(H2,22,23,24);1H. The van der Waals surface area contributed by atoms with Crippen molar-refractivity contribution in [2.75, 3.05) is 33.4 Å². The molecule has 0 spiro atoms. The summed E-state index contributed by atoms with van der Waals surface area (Å²) < 4.78 is 12.1. The van der Waals surface area contributed by atoms with Crippen LogP contribution in [0.3, 0.4) is 0 Å². The number of hydrogen-bond donors (Lipinski definition) is 2. The maximum atomic E-state index is 6.07. The number of nitrogens with zero attached hydrogens (tertiary/aromatic N) is 1. The van der Waals surface area contributed by atoms with Gasteiger partial charge < -0.3 is 20.1 Å². The van der Waals surface area contributed by atoms with Crippen LogP contribution in [0.1, 0.15) is 72.1 Å². The van der Waals surface area contributed by atoms with E-state index in [1.54, 1.807) is 0 Å². The Bertz CT molecular complexity index is 420. The molecule has 0 aromatic carbocycles. The number of nitrogens with one attached hydrogen (secondary N) is 2. The maximum Gasteiger partial charge on any atom is 0.190 e. The van der Waals surface area contributed by atoms with Crippen LogP contribution in [-0.4, -0.2) is 51.5 Å². The summed E-state index contributed by atoms with van der Waals surface area (Å²) in [4.78, 5) is 4.36. The Hall–Kier alpha value is -0.0800. The molecule has 1 saturated carbocycles. The minimum absolute atomic E-state index is 0. The van der Waals surface area contributed by atoms with Gasteiger partial charge in [-0.1, -0.05) is 40.0 Å². The summed E-state index contributed by atoms with van der Waals surface area (Å²) in [6, 6.07) is 0. The summed E-state index contributed by atoms with van der Waals surface area (Å²) >= 11 is 0. The lowest BCUT2D eigenvalue weighted by Gasteiger charge is -2.40. The first-order valence-corrected chi connectivity index (χ1v) is 10.7. The molecule has 1 saturated heterocycles. The van der Waals surface area contributed by atoms with Crippen LogP contribution in [0.4, 0.5) is 0 Å². The van der Waals surface area contributed by atoms with Crippen LogP contribution in [0.25, 0.3) is 0 Å². The van der Waals surface area contributed by atoms with Crippen LogP contribution in [0.2, 0.25) is 0 Å². The van der Waals surface area contributed by atoms with Gasteiger partial charge in [0.15, 0.2) is 5.96 Å². The highest BCUT2D eigenvalue weighted by Gasteiger charge is 2.35. The average Bonchev–Trinajstić information content (AvgIpc) is 2.64. The fraction of sp³-hybridized carbons (Fsp3) is 0.952. The SMILES string of the molecule is CN=C(NCCCOC1CCCCC1)NCC1CCCOC1C(C)(C)C.I. The van der Waals surface area contributed by atoms with Gasteiger partial charge in [0.25, 0.3) is 0 Å². The number of hydrogen-bond acceptors (Lipinski definition) is 3.